The first-order valence-corrected chi connectivity index (χ1v) is 7.76. The van der Waals surface area contributed by atoms with E-state index in [4.69, 9.17) is 0 Å². The zero-order valence-electron chi connectivity index (χ0n) is 13.5. The van der Waals surface area contributed by atoms with E-state index in [9.17, 15) is 5.11 Å². The van der Waals surface area contributed by atoms with Crippen LogP contribution in [0.4, 0.5) is 0 Å². The quantitative estimate of drug-likeness (QED) is 0.842. The van der Waals surface area contributed by atoms with Crippen molar-refractivity contribution in [2.24, 2.45) is 5.92 Å². The molecule has 4 nitrogen and oxygen atoms in total. The molecular formula is C16H29N3O. The Balaban J connectivity index is 2.08. The van der Waals surface area contributed by atoms with Gasteiger partial charge in [-0.2, -0.15) is 5.10 Å². The van der Waals surface area contributed by atoms with Gasteiger partial charge in [0.25, 0.3) is 0 Å². The maximum absolute atomic E-state index is 9.21. The van der Waals surface area contributed by atoms with E-state index in [-0.39, 0.29) is 18.2 Å². The van der Waals surface area contributed by atoms with Crippen molar-refractivity contribution < 1.29 is 5.11 Å². The molecule has 0 spiro atoms. The van der Waals surface area contributed by atoms with Crippen LogP contribution in [0.25, 0.3) is 0 Å². The fraction of sp³-hybridized carbons (Fsp3) is 0.812. The Hall–Kier alpha value is -0.870. The first-order chi connectivity index (χ1) is 9.32. The van der Waals surface area contributed by atoms with Crippen LogP contribution >= 0.6 is 0 Å². The molecule has 0 saturated heterocycles. The topological polar surface area (TPSA) is 50.1 Å². The van der Waals surface area contributed by atoms with Crippen molar-refractivity contribution in [3.05, 3.63) is 17.5 Å². The molecule has 0 aromatic carbocycles. The molecule has 1 aromatic rings. The normalized spacial score (nSPS) is 19.1. The van der Waals surface area contributed by atoms with Gasteiger partial charge in [0.2, 0.25) is 0 Å². The van der Waals surface area contributed by atoms with Gasteiger partial charge in [-0.3, -0.25) is 4.68 Å². The molecular weight excluding hydrogens is 250 g/mol. The minimum atomic E-state index is 0.0176. The summed E-state index contributed by atoms with van der Waals surface area (Å²) in [6.45, 7) is 11.0. The van der Waals surface area contributed by atoms with Crippen LogP contribution in [-0.4, -0.2) is 27.5 Å². The first kappa shape index (κ1) is 15.5. The van der Waals surface area contributed by atoms with E-state index in [0.29, 0.717) is 6.04 Å². The number of nitrogens with one attached hydrogen (secondary N) is 1. The summed E-state index contributed by atoms with van der Waals surface area (Å²) < 4.78 is 2.05. The predicted octanol–water partition coefficient (Wildman–Crippen LogP) is 2.76. The van der Waals surface area contributed by atoms with Crippen molar-refractivity contribution in [1.29, 1.82) is 0 Å². The summed E-state index contributed by atoms with van der Waals surface area (Å²) in [4.78, 5) is 0. The van der Waals surface area contributed by atoms with Gasteiger partial charge in [0, 0.05) is 30.5 Å². The zero-order valence-corrected chi connectivity index (χ0v) is 13.5. The highest BCUT2D eigenvalue weighted by Crippen LogP contribution is 2.35. The molecule has 2 unspecified atom stereocenters. The molecule has 1 aliphatic carbocycles. The van der Waals surface area contributed by atoms with Gasteiger partial charge < -0.3 is 10.4 Å². The highest BCUT2D eigenvalue weighted by Gasteiger charge is 2.32. The van der Waals surface area contributed by atoms with Crippen LogP contribution in [0.15, 0.2) is 6.20 Å². The van der Waals surface area contributed by atoms with Gasteiger partial charge in [-0.1, -0.05) is 0 Å². The number of aryl methyl sites for hydroxylation is 1. The first-order valence-electron chi connectivity index (χ1n) is 7.76. The van der Waals surface area contributed by atoms with Crippen molar-refractivity contribution in [3.8, 4) is 0 Å². The third-order valence-electron chi connectivity index (χ3n) is 4.19. The molecule has 0 bridgehead atoms. The van der Waals surface area contributed by atoms with Gasteiger partial charge in [0.1, 0.15) is 0 Å². The highest BCUT2D eigenvalue weighted by molar-refractivity contribution is 5.20. The summed E-state index contributed by atoms with van der Waals surface area (Å²) >= 11 is 0. The maximum atomic E-state index is 9.21. The number of aliphatic hydroxyl groups is 1. The summed E-state index contributed by atoms with van der Waals surface area (Å²) in [7, 11) is 0. The van der Waals surface area contributed by atoms with Gasteiger partial charge in [-0.25, -0.2) is 0 Å². The molecule has 0 amide bonds. The Bertz CT molecular complexity index is 443. The second-order valence-electron chi connectivity index (χ2n) is 7.13. The monoisotopic (exact) mass is 279 g/mol. The summed E-state index contributed by atoms with van der Waals surface area (Å²) in [6.07, 6.45) is 5.60. The van der Waals surface area contributed by atoms with Crippen LogP contribution in [0.3, 0.4) is 0 Å². The molecule has 2 N–H and O–H groups in total. The molecule has 20 heavy (non-hydrogen) atoms. The third-order valence-corrected chi connectivity index (χ3v) is 4.19. The van der Waals surface area contributed by atoms with Crippen LogP contribution in [0.1, 0.15) is 64.3 Å². The van der Waals surface area contributed by atoms with Gasteiger partial charge >= 0.3 is 0 Å². The van der Waals surface area contributed by atoms with E-state index in [1.54, 1.807) is 0 Å². The van der Waals surface area contributed by atoms with Crippen molar-refractivity contribution >= 4 is 0 Å². The van der Waals surface area contributed by atoms with Gasteiger partial charge in [-0.05, 0) is 59.8 Å². The van der Waals surface area contributed by atoms with Gasteiger partial charge in [0.15, 0.2) is 0 Å². The van der Waals surface area contributed by atoms with Crippen LogP contribution in [0.2, 0.25) is 0 Å². The van der Waals surface area contributed by atoms with Crippen molar-refractivity contribution in [3.63, 3.8) is 0 Å². The van der Waals surface area contributed by atoms with E-state index in [2.05, 4.69) is 51.2 Å². The smallest absolute Gasteiger partial charge is 0.0641 e. The Kier molecular flexibility index (Phi) is 4.55. The maximum Gasteiger partial charge on any atom is 0.0641 e. The summed E-state index contributed by atoms with van der Waals surface area (Å²) in [5.74, 6) is 0.752. The number of hydrogen-bond donors (Lipinski definition) is 2. The molecule has 2 atom stereocenters. The zero-order chi connectivity index (χ0) is 14.9. The summed E-state index contributed by atoms with van der Waals surface area (Å²) in [5, 5.41) is 17.5. The number of nitrogens with zero attached hydrogens (tertiary/aromatic N) is 2. The van der Waals surface area contributed by atoms with Crippen molar-refractivity contribution in [2.75, 3.05) is 6.61 Å². The number of aromatic nitrogens is 2. The fourth-order valence-electron chi connectivity index (χ4n) is 2.75. The minimum absolute atomic E-state index is 0.0176. The standard InChI is InChI=1S/C16H29N3O/c1-11(17-15(8-9-20)13-6-7-13)14-10-19(16(3,4)5)18-12(14)2/h10-11,13,15,17,20H,6-9H2,1-5H3. The van der Waals surface area contributed by atoms with Crippen molar-refractivity contribution in [1.82, 2.24) is 15.1 Å². The molecule has 2 rings (SSSR count). The second-order valence-corrected chi connectivity index (χ2v) is 7.13. The lowest BCUT2D eigenvalue weighted by Gasteiger charge is -2.23. The molecule has 1 fully saturated rings. The Morgan fingerprint density at radius 2 is 2.10 bits per heavy atom. The molecule has 0 radical (unpaired) electrons. The van der Waals surface area contributed by atoms with E-state index < -0.39 is 0 Å². The Morgan fingerprint density at radius 1 is 1.45 bits per heavy atom. The lowest BCUT2D eigenvalue weighted by Crippen LogP contribution is -2.34. The highest BCUT2D eigenvalue weighted by atomic mass is 16.3. The minimum Gasteiger partial charge on any atom is -0.396 e. The van der Waals surface area contributed by atoms with Crippen molar-refractivity contribution in [2.45, 2.75) is 71.5 Å². The molecule has 1 saturated carbocycles. The molecule has 1 aromatic heterocycles. The van der Waals surface area contributed by atoms with E-state index in [1.165, 1.54) is 18.4 Å². The average Bonchev–Trinajstić information content (AvgIpc) is 3.10. The largest absolute Gasteiger partial charge is 0.396 e. The molecule has 1 aliphatic rings. The third kappa shape index (κ3) is 3.61. The average molecular weight is 279 g/mol. The van der Waals surface area contributed by atoms with Crippen LogP contribution in [0.5, 0.6) is 0 Å². The molecule has 1 heterocycles. The molecule has 0 aliphatic heterocycles. The van der Waals surface area contributed by atoms with Gasteiger partial charge in [-0.15, -0.1) is 0 Å². The van der Waals surface area contributed by atoms with Crippen LogP contribution in [0, 0.1) is 12.8 Å². The molecule has 4 heteroatoms. The van der Waals surface area contributed by atoms with Crippen LogP contribution < -0.4 is 5.32 Å². The number of hydrogen-bond acceptors (Lipinski definition) is 3. The SMILES string of the molecule is Cc1nn(C(C)(C)C)cc1C(C)NC(CCO)C1CC1. The van der Waals surface area contributed by atoms with E-state index in [1.807, 2.05) is 4.68 Å². The fourth-order valence-corrected chi connectivity index (χ4v) is 2.75. The molecule has 114 valence electrons. The van der Waals surface area contributed by atoms with E-state index >= 15 is 0 Å². The lowest BCUT2D eigenvalue weighted by atomic mass is 10.0. The predicted molar refractivity (Wildman–Crippen MR) is 81.7 cm³/mol. The summed E-state index contributed by atoms with van der Waals surface area (Å²) in [5.41, 5.74) is 2.38. The Morgan fingerprint density at radius 3 is 2.55 bits per heavy atom. The van der Waals surface area contributed by atoms with E-state index in [0.717, 1.165) is 18.0 Å². The second kappa shape index (κ2) is 5.86. The van der Waals surface area contributed by atoms with Crippen LogP contribution in [-0.2, 0) is 5.54 Å². The Labute approximate surface area is 122 Å². The van der Waals surface area contributed by atoms with Gasteiger partial charge in [0.05, 0.1) is 11.2 Å². The number of rotatable bonds is 6. The number of aliphatic hydroxyl groups excluding tert-OH is 1. The summed E-state index contributed by atoms with van der Waals surface area (Å²) in [6, 6.07) is 0.718. The lowest BCUT2D eigenvalue weighted by molar-refractivity contribution is 0.250.